The maximum atomic E-state index is 12.5. The van der Waals surface area contributed by atoms with Gasteiger partial charge in [-0.25, -0.2) is 0 Å². The summed E-state index contributed by atoms with van der Waals surface area (Å²) < 4.78 is 5.56. The molecule has 0 unspecified atom stereocenters. The van der Waals surface area contributed by atoms with E-state index in [9.17, 15) is 4.79 Å². The van der Waals surface area contributed by atoms with E-state index >= 15 is 0 Å². The van der Waals surface area contributed by atoms with E-state index in [1.807, 2.05) is 55.5 Å². The predicted molar refractivity (Wildman–Crippen MR) is 85.5 cm³/mol. The van der Waals surface area contributed by atoms with Crippen molar-refractivity contribution in [2.75, 3.05) is 7.11 Å². The number of ether oxygens (including phenoxy) is 1. The van der Waals surface area contributed by atoms with Crippen LogP contribution in [0.1, 0.15) is 29.3 Å². The number of Topliss-reactive ketones (excluding diaryl/α,β-unsaturated/α-hetero) is 1. The van der Waals surface area contributed by atoms with Crippen molar-refractivity contribution in [1.82, 2.24) is 0 Å². The number of methoxy groups -OCH3 is 1. The molecule has 0 radical (unpaired) electrons. The van der Waals surface area contributed by atoms with Gasteiger partial charge in [-0.1, -0.05) is 67.6 Å². The molecule has 110 valence electrons. The molecule has 0 aromatic heterocycles. The van der Waals surface area contributed by atoms with Crippen molar-refractivity contribution in [2.45, 2.75) is 25.9 Å². The molecule has 2 atom stereocenters. The Hall–Kier alpha value is -1.93. The van der Waals surface area contributed by atoms with Gasteiger partial charge in [0, 0.05) is 18.6 Å². The molecule has 0 bridgehead atoms. The van der Waals surface area contributed by atoms with Crippen LogP contribution in [0.5, 0.6) is 0 Å². The molecule has 0 aliphatic rings. The van der Waals surface area contributed by atoms with Crippen molar-refractivity contribution in [3.63, 3.8) is 0 Å². The topological polar surface area (TPSA) is 26.3 Å². The van der Waals surface area contributed by atoms with Gasteiger partial charge in [0.05, 0.1) is 6.10 Å². The van der Waals surface area contributed by atoms with Crippen molar-refractivity contribution in [3.05, 3.63) is 71.8 Å². The van der Waals surface area contributed by atoms with Crippen LogP contribution < -0.4 is 0 Å². The quantitative estimate of drug-likeness (QED) is 0.713. The highest BCUT2D eigenvalue weighted by Crippen LogP contribution is 2.19. The fraction of sp³-hybridized carbons (Fsp3) is 0.316. The lowest BCUT2D eigenvalue weighted by Gasteiger charge is -2.21. The van der Waals surface area contributed by atoms with Gasteiger partial charge in [-0.2, -0.15) is 0 Å². The van der Waals surface area contributed by atoms with E-state index in [1.54, 1.807) is 7.11 Å². The standard InChI is InChI=1S/C19H22O2/c1-15(19(20)17-11-7-4-8-12-17)18(21-2)14-13-16-9-5-3-6-10-16/h3-12,15,18H,13-14H2,1-2H3/t15-,18+/m1/s1. The van der Waals surface area contributed by atoms with Crippen LogP contribution in [0.2, 0.25) is 0 Å². The molecule has 0 amide bonds. The number of carbonyl (C=O) groups is 1. The highest BCUT2D eigenvalue weighted by Gasteiger charge is 2.24. The second-order valence-electron chi connectivity index (χ2n) is 5.32. The minimum atomic E-state index is -0.138. The number of rotatable bonds is 7. The van der Waals surface area contributed by atoms with Gasteiger partial charge in [0.25, 0.3) is 0 Å². The van der Waals surface area contributed by atoms with Gasteiger partial charge in [-0.3, -0.25) is 4.79 Å². The molecule has 0 heterocycles. The molecule has 2 nitrogen and oxygen atoms in total. The second-order valence-corrected chi connectivity index (χ2v) is 5.32. The van der Waals surface area contributed by atoms with E-state index in [2.05, 4.69) is 12.1 Å². The fourth-order valence-electron chi connectivity index (χ4n) is 2.56. The zero-order chi connectivity index (χ0) is 15.1. The van der Waals surface area contributed by atoms with Crippen LogP contribution in [0.25, 0.3) is 0 Å². The third-order valence-corrected chi connectivity index (χ3v) is 3.89. The molecule has 0 saturated carbocycles. The van der Waals surface area contributed by atoms with Crippen molar-refractivity contribution in [1.29, 1.82) is 0 Å². The predicted octanol–water partition coefficient (Wildman–Crippen LogP) is 4.15. The van der Waals surface area contributed by atoms with Crippen LogP contribution in [0, 0.1) is 5.92 Å². The zero-order valence-corrected chi connectivity index (χ0v) is 12.7. The lowest BCUT2D eigenvalue weighted by molar-refractivity contribution is 0.0444. The van der Waals surface area contributed by atoms with Gasteiger partial charge < -0.3 is 4.74 Å². The summed E-state index contributed by atoms with van der Waals surface area (Å²) in [6.07, 6.45) is 1.71. The Morgan fingerprint density at radius 3 is 2.14 bits per heavy atom. The third kappa shape index (κ3) is 4.27. The minimum absolute atomic E-state index is 0.0575. The van der Waals surface area contributed by atoms with Crippen LogP contribution in [0.4, 0.5) is 0 Å². The zero-order valence-electron chi connectivity index (χ0n) is 12.7. The van der Waals surface area contributed by atoms with Gasteiger partial charge in [0.1, 0.15) is 0 Å². The first-order valence-corrected chi connectivity index (χ1v) is 7.38. The molecule has 2 heteroatoms. The van der Waals surface area contributed by atoms with E-state index < -0.39 is 0 Å². The first-order chi connectivity index (χ1) is 10.2. The highest BCUT2D eigenvalue weighted by atomic mass is 16.5. The molecule has 0 aliphatic heterocycles. The van der Waals surface area contributed by atoms with Gasteiger partial charge in [0.2, 0.25) is 0 Å². The number of ketones is 1. The summed E-state index contributed by atoms with van der Waals surface area (Å²) in [5, 5.41) is 0. The average Bonchev–Trinajstić information content (AvgIpc) is 2.56. The minimum Gasteiger partial charge on any atom is -0.381 e. The molecule has 0 spiro atoms. The largest absolute Gasteiger partial charge is 0.381 e. The number of benzene rings is 2. The number of hydrogen-bond donors (Lipinski definition) is 0. The summed E-state index contributed by atoms with van der Waals surface area (Å²) in [7, 11) is 1.68. The lowest BCUT2D eigenvalue weighted by atomic mass is 9.90. The monoisotopic (exact) mass is 282 g/mol. The van der Waals surface area contributed by atoms with Crippen molar-refractivity contribution in [2.24, 2.45) is 5.92 Å². The Balaban J connectivity index is 1.98. The Kier molecular flexibility index (Phi) is 5.70. The molecule has 0 N–H and O–H groups in total. The molecular formula is C19H22O2. The van der Waals surface area contributed by atoms with Crippen molar-refractivity contribution < 1.29 is 9.53 Å². The first-order valence-electron chi connectivity index (χ1n) is 7.38. The second kappa shape index (κ2) is 7.75. The SMILES string of the molecule is CO[C@@H](CCc1ccccc1)[C@@H](C)C(=O)c1ccccc1. The highest BCUT2D eigenvalue weighted by molar-refractivity contribution is 5.97. The average molecular weight is 282 g/mol. The van der Waals surface area contributed by atoms with E-state index in [4.69, 9.17) is 4.74 Å². The van der Waals surface area contributed by atoms with E-state index in [-0.39, 0.29) is 17.8 Å². The fourth-order valence-corrected chi connectivity index (χ4v) is 2.56. The lowest BCUT2D eigenvalue weighted by Crippen LogP contribution is -2.28. The van der Waals surface area contributed by atoms with Crippen molar-refractivity contribution >= 4 is 5.78 Å². The Morgan fingerprint density at radius 2 is 1.57 bits per heavy atom. The van der Waals surface area contributed by atoms with Crippen LogP contribution in [0.3, 0.4) is 0 Å². The molecule has 2 aromatic rings. The van der Waals surface area contributed by atoms with Crippen LogP contribution in [-0.2, 0) is 11.2 Å². The number of aryl methyl sites for hydroxylation is 1. The molecular weight excluding hydrogens is 260 g/mol. The van der Waals surface area contributed by atoms with Gasteiger partial charge in [0.15, 0.2) is 5.78 Å². The van der Waals surface area contributed by atoms with Gasteiger partial charge >= 0.3 is 0 Å². The molecule has 0 saturated heterocycles. The van der Waals surface area contributed by atoms with Crippen LogP contribution >= 0.6 is 0 Å². The smallest absolute Gasteiger partial charge is 0.168 e. The Bertz CT molecular complexity index is 548. The summed E-state index contributed by atoms with van der Waals surface area (Å²) in [4.78, 5) is 12.5. The molecule has 21 heavy (non-hydrogen) atoms. The summed E-state index contributed by atoms with van der Waals surface area (Å²) >= 11 is 0. The summed E-state index contributed by atoms with van der Waals surface area (Å²) in [5.74, 6) is 0.0108. The first kappa shape index (κ1) is 15.5. The summed E-state index contributed by atoms with van der Waals surface area (Å²) in [5.41, 5.74) is 2.03. The van der Waals surface area contributed by atoms with Crippen molar-refractivity contribution in [3.8, 4) is 0 Å². The molecule has 0 fully saturated rings. The normalized spacial score (nSPS) is 13.6. The summed E-state index contributed by atoms with van der Waals surface area (Å²) in [6, 6.07) is 19.7. The molecule has 2 aromatic carbocycles. The third-order valence-electron chi connectivity index (χ3n) is 3.89. The van der Waals surface area contributed by atoms with E-state index in [1.165, 1.54) is 5.56 Å². The number of hydrogen-bond acceptors (Lipinski definition) is 2. The van der Waals surface area contributed by atoms with Crippen LogP contribution in [-0.4, -0.2) is 19.0 Å². The summed E-state index contributed by atoms with van der Waals surface area (Å²) in [6.45, 7) is 1.95. The maximum Gasteiger partial charge on any atom is 0.168 e. The van der Waals surface area contributed by atoms with E-state index in [0.29, 0.717) is 0 Å². The maximum absolute atomic E-state index is 12.5. The van der Waals surface area contributed by atoms with Gasteiger partial charge in [-0.05, 0) is 18.4 Å². The molecule has 0 aliphatic carbocycles. The van der Waals surface area contributed by atoms with Gasteiger partial charge in [-0.15, -0.1) is 0 Å². The van der Waals surface area contributed by atoms with E-state index in [0.717, 1.165) is 18.4 Å². The Morgan fingerprint density at radius 1 is 1.00 bits per heavy atom. The Labute approximate surface area is 126 Å². The number of carbonyl (C=O) groups excluding carboxylic acids is 1. The molecule has 2 rings (SSSR count). The van der Waals surface area contributed by atoms with Crippen LogP contribution in [0.15, 0.2) is 60.7 Å².